The topological polar surface area (TPSA) is 107 Å². The molecule has 0 aliphatic heterocycles. The highest BCUT2D eigenvalue weighted by Crippen LogP contribution is 2.28. The molecule has 2 aromatic carbocycles. The van der Waals surface area contributed by atoms with Gasteiger partial charge >= 0.3 is 5.97 Å². The highest BCUT2D eigenvalue weighted by atomic mass is 32.2. The Hall–Kier alpha value is -2.94. The molecule has 0 aliphatic rings. The molecule has 2 rings (SSSR count). The van der Waals surface area contributed by atoms with Crippen LogP contribution in [0, 0.1) is 17.0 Å². The van der Waals surface area contributed by atoms with Crippen molar-refractivity contribution in [3.8, 4) is 0 Å². The minimum absolute atomic E-state index is 0.280. The zero-order chi connectivity index (χ0) is 20.2. The number of esters is 1. The van der Waals surface area contributed by atoms with Crippen molar-refractivity contribution in [2.75, 3.05) is 10.8 Å². The van der Waals surface area contributed by atoms with Crippen molar-refractivity contribution in [3.63, 3.8) is 0 Å². The van der Waals surface area contributed by atoms with Crippen molar-refractivity contribution in [2.24, 2.45) is 0 Å². The molecule has 0 heterocycles. The van der Waals surface area contributed by atoms with Crippen LogP contribution in [0.2, 0.25) is 0 Å². The Morgan fingerprint density at radius 3 is 2.44 bits per heavy atom. The SMILES string of the molecule is Cc1ccccc1N(CC(=O)OC(C)C)S(=O)(=O)c1cccc([N+](=O)[O-])c1. The first-order valence-corrected chi connectivity index (χ1v) is 9.59. The van der Waals surface area contributed by atoms with Crippen LogP contribution in [0.25, 0.3) is 0 Å². The quantitative estimate of drug-likeness (QED) is 0.407. The van der Waals surface area contributed by atoms with E-state index >= 15 is 0 Å². The van der Waals surface area contributed by atoms with Gasteiger partial charge in [-0.15, -0.1) is 0 Å². The summed E-state index contributed by atoms with van der Waals surface area (Å²) < 4.78 is 32.3. The lowest BCUT2D eigenvalue weighted by molar-refractivity contribution is -0.385. The number of benzene rings is 2. The molecule has 0 aromatic heterocycles. The molecule has 0 amide bonds. The average molecular weight is 392 g/mol. The lowest BCUT2D eigenvalue weighted by Crippen LogP contribution is -2.37. The predicted molar refractivity (Wildman–Crippen MR) is 100 cm³/mol. The van der Waals surface area contributed by atoms with Gasteiger partial charge in [0.05, 0.1) is 21.6 Å². The monoisotopic (exact) mass is 392 g/mol. The number of aryl methyl sites for hydroxylation is 1. The zero-order valence-corrected chi connectivity index (χ0v) is 16.0. The number of nitrogens with zero attached hydrogens (tertiary/aromatic N) is 2. The Labute approximate surface area is 157 Å². The fourth-order valence-electron chi connectivity index (χ4n) is 2.45. The summed E-state index contributed by atoms with van der Waals surface area (Å²) in [5, 5.41) is 11.0. The van der Waals surface area contributed by atoms with E-state index in [2.05, 4.69) is 0 Å². The van der Waals surface area contributed by atoms with Gasteiger partial charge in [-0.25, -0.2) is 8.42 Å². The van der Waals surface area contributed by atoms with Crippen molar-refractivity contribution in [2.45, 2.75) is 31.8 Å². The van der Waals surface area contributed by atoms with Crippen LogP contribution >= 0.6 is 0 Å². The number of nitro groups is 1. The fourth-order valence-corrected chi connectivity index (χ4v) is 3.96. The Kier molecular flexibility index (Phi) is 6.17. The van der Waals surface area contributed by atoms with Crippen LogP contribution in [0.5, 0.6) is 0 Å². The number of non-ortho nitro benzene ring substituents is 1. The number of para-hydroxylation sites is 1. The fraction of sp³-hybridized carbons (Fsp3) is 0.278. The van der Waals surface area contributed by atoms with E-state index in [-0.39, 0.29) is 10.6 Å². The van der Waals surface area contributed by atoms with Gasteiger partial charge in [0.2, 0.25) is 0 Å². The van der Waals surface area contributed by atoms with Gasteiger partial charge in [-0.1, -0.05) is 24.3 Å². The minimum atomic E-state index is -4.24. The first kappa shape index (κ1) is 20.4. The number of rotatable bonds is 7. The molecule has 0 saturated carbocycles. The number of sulfonamides is 1. The Morgan fingerprint density at radius 1 is 1.19 bits per heavy atom. The number of hydrogen-bond donors (Lipinski definition) is 0. The average Bonchev–Trinajstić information content (AvgIpc) is 2.60. The Balaban J connectivity index is 2.55. The molecule has 0 saturated heterocycles. The van der Waals surface area contributed by atoms with E-state index in [4.69, 9.17) is 4.74 Å². The zero-order valence-electron chi connectivity index (χ0n) is 15.2. The van der Waals surface area contributed by atoms with Crippen LogP contribution in [0.3, 0.4) is 0 Å². The van der Waals surface area contributed by atoms with Crippen LogP contribution in [0.1, 0.15) is 19.4 Å². The number of carbonyl (C=O) groups excluding carboxylic acids is 1. The van der Waals surface area contributed by atoms with Crippen LogP contribution in [-0.2, 0) is 19.6 Å². The standard InChI is InChI=1S/C18H20N2O6S/c1-13(2)26-18(21)12-19(17-10-5-4-7-14(17)3)27(24,25)16-9-6-8-15(11-16)20(22)23/h4-11,13H,12H2,1-3H3. The van der Waals surface area contributed by atoms with Gasteiger partial charge in [-0.3, -0.25) is 19.2 Å². The van der Waals surface area contributed by atoms with Gasteiger partial charge < -0.3 is 4.74 Å². The third-order valence-electron chi connectivity index (χ3n) is 3.64. The summed E-state index contributed by atoms with van der Waals surface area (Å²) in [5.41, 5.74) is 0.569. The molecule has 0 radical (unpaired) electrons. The van der Waals surface area contributed by atoms with Crippen molar-refractivity contribution < 1.29 is 22.9 Å². The maximum Gasteiger partial charge on any atom is 0.327 e. The molecule has 9 heteroatoms. The molecule has 144 valence electrons. The van der Waals surface area contributed by atoms with E-state index in [1.54, 1.807) is 45.0 Å². The predicted octanol–water partition coefficient (Wildman–Crippen LogP) is 3.05. The summed E-state index contributed by atoms with van der Waals surface area (Å²) in [6.07, 6.45) is -0.406. The van der Waals surface area contributed by atoms with Gasteiger partial charge in [0.15, 0.2) is 0 Å². The molecule has 0 aliphatic carbocycles. The van der Waals surface area contributed by atoms with E-state index in [0.717, 1.165) is 10.4 Å². The van der Waals surface area contributed by atoms with Gasteiger partial charge in [0, 0.05) is 12.1 Å². The van der Waals surface area contributed by atoms with Gasteiger partial charge in [-0.05, 0) is 38.5 Å². The molecule has 0 spiro atoms. The maximum atomic E-state index is 13.2. The summed E-state index contributed by atoms with van der Waals surface area (Å²) in [4.78, 5) is 22.2. The number of carbonyl (C=O) groups is 1. The molecule has 0 fully saturated rings. The van der Waals surface area contributed by atoms with Gasteiger partial charge in [0.1, 0.15) is 6.54 Å². The lowest BCUT2D eigenvalue weighted by atomic mass is 10.2. The largest absolute Gasteiger partial charge is 0.462 e. The molecule has 0 atom stereocenters. The third kappa shape index (κ3) is 4.82. The van der Waals surface area contributed by atoms with Crippen LogP contribution in [0.15, 0.2) is 53.4 Å². The molecular weight excluding hydrogens is 372 g/mol. The van der Waals surface area contributed by atoms with Crippen molar-refractivity contribution in [1.29, 1.82) is 0 Å². The van der Waals surface area contributed by atoms with E-state index in [0.29, 0.717) is 11.3 Å². The summed E-state index contributed by atoms with van der Waals surface area (Å²) in [6.45, 7) is 4.48. The summed E-state index contributed by atoms with van der Waals surface area (Å²) in [5.74, 6) is -0.720. The van der Waals surface area contributed by atoms with E-state index < -0.39 is 33.6 Å². The van der Waals surface area contributed by atoms with Crippen molar-refractivity contribution >= 4 is 27.4 Å². The van der Waals surface area contributed by atoms with Crippen LogP contribution in [0.4, 0.5) is 11.4 Å². The highest BCUT2D eigenvalue weighted by Gasteiger charge is 2.30. The highest BCUT2D eigenvalue weighted by molar-refractivity contribution is 7.92. The van der Waals surface area contributed by atoms with E-state index in [1.165, 1.54) is 18.2 Å². The number of anilines is 1. The van der Waals surface area contributed by atoms with Gasteiger partial charge in [0.25, 0.3) is 15.7 Å². The number of hydrogen-bond acceptors (Lipinski definition) is 6. The van der Waals surface area contributed by atoms with Crippen molar-refractivity contribution in [1.82, 2.24) is 0 Å². The third-order valence-corrected chi connectivity index (χ3v) is 5.40. The summed E-state index contributed by atoms with van der Waals surface area (Å²) >= 11 is 0. The molecule has 0 unspecified atom stereocenters. The second-order valence-corrected chi connectivity index (χ2v) is 7.95. The second-order valence-electron chi connectivity index (χ2n) is 6.09. The Bertz CT molecular complexity index is 956. The minimum Gasteiger partial charge on any atom is -0.462 e. The maximum absolute atomic E-state index is 13.2. The Morgan fingerprint density at radius 2 is 1.85 bits per heavy atom. The van der Waals surface area contributed by atoms with Crippen LogP contribution < -0.4 is 4.31 Å². The molecule has 0 bridgehead atoms. The smallest absolute Gasteiger partial charge is 0.327 e. The first-order chi connectivity index (χ1) is 12.6. The molecular formula is C18H20N2O6S. The van der Waals surface area contributed by atoms with Crippen LogP contribution in [-0.4, -0.2) is 32.0 Å². The van der Waals surface area contributed by atoms with E-state index in [1.807, 2.05) is 0 Å². The number of nitro benzene ring substituents is 1. The first-order valence-electron chi connectivity index (χ1n) is 8.15. The summed E-state index contributed by atoms with van der Waals surface area (Å²) in [6, 6.07) is 11.4. The van der Waals surface area contributed by atoms with E-state index in [9.17, 15) is 23.3 Å². The molecule has 27 heavy (non-hydrogen) atoms. The second kappa shape index (κ2) is 8.17. The number of ether oxygens (including phenoxy) is 1. The molecule has 2 aromatic rings. The van der Waals surface area contributed by atoms with Crippen molar-refractivity contribution in [3.05, 3.63) is 64.2 Å². The molecule has 0 N–H and O–H groups in total. The molecule has 8 nitrogen and oxygen atoms in total. The van der Waals surface area contributed by atoms with Gasteiger partial charge in [-0.2, -0.15) is 0 Å². The normalized spacial score (nSPS) is 11.3. The summed E-state index contributed by atoms with van der Waals surface area (Å²) in [7, 11) is -4.24. The lowest BCUT2D eigenvalue weighted by Gasteiger charge is -2.25.